The van der Waals surface area contributed by atoms with E-state index in [2.05, 4.69) is 6.92 Å². The lowest BCUT2D eigenvalue weighted by molar-refractivity contribution is -0.131. The van der Waals surface area contributed by atoms with E-state index in [0.29, 0.717) is 23.5 Å². The summed E-state index contributed by atoms with van der Waals surface area (Å²) in [4.78, 5) is 24.0. The van der Waals surface area contributed by atoms with Crippen molar-refractivity contribution in [2.45, 2.75) is 71.1 Å². The second-order valence-electron chi connectivity index (χ2n) is 8.70. The number of benzene rings is 1. The quantitative estimate of drug-likeness (QED) is 0.787. The smallest absolute Gasteiger partial charge is 0.367 e. The van der Waals surface area contributed by atoms with Gasteiger partial charge in [0.15, 0.2) is 0 Å². The maximum Gasteiger partial charge on any atom is 0.409 e. The van der Waals surface area contributed by atoms with E-state index in [0.717, 1.165) is 50.5 Å². The molecule has 0 bridgehead atoms. The third kappa shape index (κ3) is 3.47. The summed E-state index contributed by atoms with van der Waals surface area (Å²) in [6.07, 6.45) is 6.61. The summed E-state index contributed by atoms with van der Waals surface area (Å²) in [6, 6.07) is 5.45. The van der Waals surface area contributed by atoms with E-state index in [9.17, 15) is 18.0 Å². The van der Waals surface area contributed by atoms with Gasteiger partial charge in [0.2, 0.25) is 5.91 Å². The van der Waals surface area contributed by atoms with Gasteiger partial charge in [-0.05, 0) is 79.5 Å². The zero-order chi connectivity index (χ0) is 20.8. The van der Waals surface area contributed by atoms with Gasteiger partial charge in [0.1, 0.15) is 11.5 Å². The van der Waals surface area contributed by atoms with Crippen molar-refractivity contribution in [3.63, 3.8) is 0 Å². The normalized spacial score (nSPS) is 30.8. The largest absolute Gasteiger partial charge is 0.409 e. The van der Waals surface area contributed by atoms with Crippen molar-refractivity contribution in [1.29, 1.82) is 0 Å². The molecule has 6 nitrogen and oxygen atoms in total. The first kappa shape index (κ1) is 20.4. The van der Waals surface area contributed by atoms with Crippen LogP contribution in [0.2, 0.25) is 0 Å². The van der Waals surface area contributed by atoms with Gasteiger partial charge in [0.25, 0.3) is 0 Å². The summed E-state index contributed by atoms with van der Waals surface area (Å²) in [7, 11) is -4.16. The number of aryl methyl sites for hydroxylation is 1. The van der Waals surface area contributed by atoms with Gasteiger partial charge in [0, 0.05) is 18.3 Å². The fourth-order valence-electron chi connectivity index (χ4n) is 6.19. The molecule has 4 atom stereocenters. The standard InChI is InChI=1S/C22H29NO5S/c1-3-21(25)23-29(26,27)28-15-6-8-16-14(13-15)5-7-18-17(16)11-12-22(4-2)19(18)9-10-20(22)24/h6,8,13,17-19H,3-5,7,9-12H2,1-2H3,(H,23,25). The summed E-state index contributed by atoms with van der Waals surface area (Å²) < 4.78 is 31.0. The highest BCUT2D eigenvalue weighted by Crippen LogP contribution is 2.61. The monoisotopic (exact) mass is 419 g/mol. The van der Waals surface area contributed by atoms with Crippen molar-refractivity contribution >= 4 is 22.0 Å². The molecule has 158 valence electrons. The molecule has 4 unspecified atom stereocenters. The number of Topliss-reactive ketones (excluding diaryl/α,β-unsaturated/α-hetero) is 1. The average molecular weight is 420 g/mol. The van der Waals surface area contributed by atoms with E-state index in [-0.39, 0.29) is 17.6 Å². The van der Waals surface area contributed by atoms with Gasteiger partial charge in [-0.15, -0.1) is 0 Å². The second kappa shape index (κ2) is 7.42. The van der Waals surface area contributed by atoms with Crippen molar-refractivity contribution in [3.8, 4) is 5.75 Å². The van der Waals surface area contributed by atoms with Crippen molar-refractivity contribution in [2.75, 3.05) is 0 Å². The highest BCUT2D eigenvalue weighted by Gasteiger charge is 2.56. The van der Waals surface area contributed by atoms with Crippen LogP contribution in [0.3, 0.4) is 0 Å². The molecule has 1 aromatic rings. The fourth-order valence-corrected chi connectivity index (χ4v) is 7.01. The minimum atomic E-state index is -4.16. The van der Waals surface area contributed by atoms with Crippen molar-refractivity contribution in [2.24, 2.45) is 17.3 Å². The first-order valence-corrected chi connectivity index (χ1v) is 12.1. The van der Waals surface area contributed by atoms with Crippen LogP contribution in [0.4, 0.5) is 0 Å². The van der Waals surface area contributed by atoms with Gasteiger partial charge in [-0.3, -0.25) is 9.59 Å². The number of fused-ring (bicyclic) bond motifs is 5. The van der Waals surface area contributed by atoms with Crippen LogP contribution in [0.15, 0.2) is 18.2 Å². The lowest BCUT2D eigenvalue weighted by atomic mass is 9.54. The molecule has 4 rings (SSSR count). The van der Waals surface area contributed by atoms with Crippen molar-refractivity contribution < 1.29 is 22.2 Å². The molecule has 0 heterocycles. The molecule has 1 N–H and O–H groups in total. The van der Waals surface area contributed by atoms with Crippen LogP contribution >= 0.6 is 0 Å². The Labute approximate surface area is 172 Å². The number of rotatable bonds is 5. The maximum atomic E-state index is 12.7. The molecule has 1 amide bonds. The summed E-state index contributed by atoms with van der Waals surface area (Å²) in [5.74, 6) is 1.54. The zero-order valence-electron chi connectivity index (χ0n) is 17.1. The molecular formula is C22H29NO5S. The van der Waals surface area contributed by atoms with Crippen molar-refractivity contribution in [1.82, 2.24) is 4.72 Å². The minimum absolute atomic E-state index is 0.0682. The highest BCUT2D eigenvalue weighted by atomic mass is 32.2. The van der Waals surface area contributed by atoms with Gasteiger partial charge < -0.3 is 4.18 Å². The molecule has 0 spiro atoms. The second-order valence-corrected chi connectivity index (χ2v) is 9.98. The number of ketones is 1. The number of hydrogen-bond donors (Lipinski definition) is 1. The van der Waals surface area contributed by atoms with Crippen LogP contribution in [0.1, 0.15) is 75.8 Å². The minimum Gasteiger partial charge on any atom is -0.367 e. The van der Waals surface area contributed by atoms with Crippen LogP contribution < -0.4 is 8.91 Å². The Balaban J connectivity index is 1.56. The van der Waals surface area contributed by atoms with Crippen LogP contribution in [-0.2, 0) is 26.3 Å². The summed E-state index contributed by atoms with van der Waals surface area (Å²) in [5, 5.41) is 0. The van der Waals surface area contributed by atoms with Crippen LogP contribution in [0.25, 0.3) is 0 Å². The Hall–Kier alpha value is -1.89. The first-order valence-electron chi connectivity index (χ1n) is 10.7. The molecule has 29 heavy (non-hydrogen) atoms. The molecular weight excluding hydrogens is 390 g/mol. The van der Waals surface area contributed by atoms with Gasteiger partial charge >= 0.3 is 10.3 Å². The molecule has 0 saturated heterocycles. The third-order valence-electron chi connectivity index (χ3n) is 7.54. The predicted molar refractivity (Wildman–Crippen MR) is 109 cm³/mol. The zero-order valence-corrected chi connectivity index (χ0v) is 17.9. The van der Waals surface area contributed by atoms with Gasteiger partial charge in [-0.2, -0.15) is 8.42 Å². The third-order valence-corrected chi connectivity index (χ3v) is 8.43. The van der Waals surface area contributed by atoms with E-state index in [4.69, 9.17) is 4.18 Å². The highest BCUT2D eigenvalue weighted by molar-refractivity contribution is 7.85. The lowest BCUT2D eigenvalue weighted by Crippen LogP contribution is -2.44. The first-order chi connectivity index (χ1) is 13.8. The number of amides is 1. The molecule has 2 saturated carbocycles. The molecule has 3 aliphatic carbocycles. The van der Waals surface area contributed by atoms with Gasteiger partial charge in [-0.1, -0.05) is 19.9 Å². The predicted octanol–water partition coefficient (Wildman–Crippen LogP) is 3.65. The van der Waals surface area contributed by atoms with Crippen LogP contribution in [0.5, 0.6) is 5.75 Å². The number of carbonyl (C=O) groups is 2. The molecule has 0 radical (unpaired) electrons. The molecule has 0 aromatic heterocycles. The van der Waals surface area contributed by atoms with E-state index < -0.39 is 16.2 Å². The van der Waals surface area contributed by atoms with Crippen molar-refractivity contribution in [3.05, 3.63) is 29.3 Å². The Bertz CT molecular complexity index is 941. The van der Waals surface area contributed by atoms with Crippen LogP contribution in [0, 0.1) is 17.3 Å². The Morgan fingerprint density at radius 1 is 1.21 bits per heavy atom. The topological polar surface area (TPSA) is 89.5 Å². The maximum absolute atomic E-state index is 12.7. The Morgan fingerprint density at radius 2 is 2.00 bits per heavy atom. The summed E-state index contributed by atoms with van der Waals surface area (Å²) in [5.41, 5.74) is 2.29. The summed E-state index contributed by atoms with van der Waals surface area (Å²) in [6.45, 7) is 3.74. The van der Waals surface area contributed by atoms with E-state index >= 15 is 0 Å². The molecule has 1 aromatic carbocycles. The fraction of sp³-hybridized carbons (Fsp3) is 0.636. The SMILES string of the molecule is CCC(=O)NS(=O)(=O)Oc1ccc2c(c1)CCC1C2CCC2(CC)C(=O)CCC12. The van der Waals surface area contributed by atoms with E-state index in [1.54, 1.807) is 19.1 Å². The number of nitrogens with one attached hydrogen (secondary N) is 1. The van der Waals surface area contributed by atoms with Gasteiger partial charge in [0.05, 0.1) is 0 Å². The van der Waals surface area contributed by atoms with Gasteiger partial charge in [-0.25, -0.2) is 4.72 Å². The van der Waals surface area contributed by atoms with E-state index in [1.165, 1.54) is 5.56 Å². The number of hydrogen-bond acceptors (Lipinski definition) is 5. The molecule has 2 fully saturated rings. The lowest BCUT2D eigenvalue weighted by Gasteiger charge is -2.49. The Kier molecular flexibility index (Phi) is 5.21. The van der Waals surface area contributed by atoms with Crippen LogP contribution in [-0.4, -0.2) is 20.1 Å². The molecule has 7 heteroatoms. The van der Waals surface area contributed by atoms with E-state index in [1.807, 2.05) is 10.8 Å². The average Bonchev–Trinajstić information content (AvgIpc) is 3.03. The molecule has 0 aliphatic heterocycles. The number of carbonyl (C=O) groups excluding carboxylic acids is 2. The molecule has 3 aliphatic rings. The Morgan fingerprint density at radius 3 is 2.72 bits per heavy atom. The summed E-state index contributed by atoms with van der Waals surface area (Å²) >= 11 is 0.